The lowest BCUT2D eigenvalue weighted by Gasteiger charge is -2.31. The first-order valence-electron chi connectivity index (χ1n) is 24.8. The molecule has 0 aliphatic heterocycles. The number of likely N-dealkylation sites (N-methyl/N-ethyl adjacent to an activating group) is 1. The summed E-state index contributed by atoms with van der Waals surface area (Å²) in [6, 6.07) is -0.618. The van der Waals surface area contributed by atoms with Crippen LogP contribution in [0.3, 0.4) is 0 Å². The lowest BCUT2D eigenvalue weighted by Crippen LogP contribution is -2.50. The number of hydrogen-bond donors (Lipinski definition) is 1. The summed E-state index contributed by atoms with van der Waals surface area (Å²) in [6.45, 7) is 4.60. The summed E-state index contributed by atoms with van der Waals surface area (Å²) in [5, 5.41) is 9.65. The zero-order valence-corrected chi connectivity index (χ0v) is 40.1. The summed E-state index contributed by atoms with van der Waals surface area (Å²) in [7, 11) is 5.53. The number of aliphatic carboxylic acids is 1. The van der Waals surface area contributed by atoms with E-state index in [2.05, 4.69) is 74.6 Å². The van der Waals surface area contributed by atoms with Crippen molar-refractivity contribution in [3.8, 4) is 0 Å². The maximum Gasteiger partial charge on any atom is 0.362 e. The van der Waals surface area contributed by atoms with Crippen molar-refractivity contribution in [2.24, 2.45) is 0 Å². The van der Waals surface area contributed by atoms with E-state index >= 15 is 0 Å². The van der Waals surface area contributed by atoms with Crippen LogP contribution in [-0.4, -0.2) is 80.6 Å². The summed E-state index contributed by atoms with van der Waals surface area (Å²) in [4.78, 5) is 37.1. The van der Waals surface area contributed by atoms with E-state index in [-0.39, 0.29) is 36.2 Å². The zero-order valence-electron chi connectivity index (χ0n) is 40.1. The van der Waals surface area contributed by atoms with Crippen LogP contribution >= 0.6 is 0 Å². The van der Waals surface area contributed by atoms with Gasteiger partial charge in [0.2, 0.25) is 0 Å². The number of ether oxygens (including phenoxy) is 3. The van der Waals surface area contributed by atoms with Crippen LogP contribution in [0.25, 0.3) is 0 Å². The van der Waals surface area contributed by atoms with Crippen LogP contribution in [-0.2, 0) is 28.6 Å². The van der Waals surface area contributed by atoms with E-state index in [0.717, 1.165) is 70.6 Å². The van der Waals surface area contributed by atoms with Crippen molar-refractivity contribution in [2.45, 2.75) is 219 Å². The van der Waals surface area contributed by atoms with Gasteiger partial charge in [-0.3, -0.25) is 9.59 Å². The Morgan fingerprint density at radius 2 is 0.918 bits per heavy atom. The molecule has 0 radical (unpaired) electrons. The number of esters is 2. The van der Waals surface area contributed by atoms with Crippen molar-refractivity contribution in [3.05, 3.63) is 60.8 Å². The third-order valence-electron chi connectivity index (χ3n) is 10.9. The molecule has 0 fully saturated rings. The minimum atomic E-state index is -0.877. The topological polar surface area (TPSA) is 99.1 Å². The maximum absolute atomic E-state index is 12.8. The van der Waals surface area contributed by atoms with Crippen LogP contribution in [0, 0.1) is 0 Å². The fourth-order valence-electron chi connectivity index (χ4n) is 7.08. The van der Waals surface area contributed by atoms with Crippen molar-refractivity contribution in [1.82, 2.24) is 0 Å². The first kappa shape index (κ1) is 58.0. The molecule has 8 heteroatoms. The Bertz CT molecular complexity index is 1180. The smallest absolute Gasteiger partial charge is 0.362 e. The largest absolute Gasteiger partial charge is 0.477 e. The van der Waals surface area contributed by atoms with Gasteiger partial charge in [0.1, 0.15) is 6.61 Å². The third kappa shape index (κ3) is 42.1. The fourth-order valence-corrected chi connectivity index (χ4v) is 7.08. The Balaban J connectivity index is 4.28. The van der Waals surface area contributed by atoms with Crippen LogP contribution in [0.15, 0.2) is 60.8 Å². The van der Waals surface area contributed by atoms with Crippen molar-refractivity contribution in [1.29, 1.82) is 0 Å². The molecule has 0 aliphatic carbocycles. The molecule has 352 valence electrons. The van der Waals surface area contributed by atoms with E-state index < -0.39 is 18.1 Å². The molecule has 8 nitrogen and oxygen atoms in total. The van der Waals surface area contributed by atoms with Gasteiger partial charge >= 0.3 is 17.9 Å². The van der Waals surface area contributed by atoms with Crippen LogP contribution < -0.4 is 0 Å². The average molecular weight is 857 g/mol. The van der Waals surface area contributed by atoms with Crippen LogP contribution in [0.5, 0.6) is 0 Å². The predicted molar refractivity (Wildman–Crippen MR) is 257 cm³/mol. The van der Waals surface area contributed by atoms with Gasteiger partial charge in [0.05, 0.1) is 34.4 Å². The molecule has 1 N–H and O–H groups in total. The molecule has 0 aromatic heterocycles. The zero-order chi connectivity index (χ0) is 44.9. The Labute approximate surface area is 375 Å². The van der Waals surface area contributed by atoms with Gasteiger partial charge in [-0.1, -0.05) is 171 Å². The highest BCUT2D eigenvalue weighted by atomic mass is 16.6. The number of unbranched alkanes of at least 4 members (excludes halogenated alkanes) is 20. The first-order chi connectivity index (χ1) is 29.6. The van der Waals surface area contributed by atoms with Gasteiger partial charge in [0.15, 0.2) is 12.1 Å². The number of carboxylic acids is 1. The standard InChI is InChI=1S/C53H93NO7/c1-6-8-10-12-14-16-18-20-22-24-25-26-28-30-32-34-36-38-40-42-44-52(56)61-49(47-59-46-45-50(53(57)58)54(3,4)5)48-60-51(55)43-41-39-37-35-33-31-29-27-23-21-19-17-15-13-11-9-7-2/h8,10,14-17,20-23,49-50H,6-7,9,11-13,18-19,24-48H2,1-5H3/p+1/b10-8+,16-14+,17-15+,22-20+,23-21+. The van der Waals surface area contributed by atoms with Crippen molar-refractivity contribution in [2.75, 3.05) is 41.0 Å². The summed E-state index contributed by atoms with van der Waals surface area (Å²) >= 11 is 0. The van der Waals surface area contributed by atoms with Crippen molar-refractivity contribution in [3.63, 3.8) is 0 Å². The van der Waals surface area contributed by atoms with Crippen LogP contribution in [0.2, 0.25) is 0 Å². The van der Waals surface area contributed by atoms with E-state index in [1.54, 1.807) is 0 Å². The maximum atomic E-state index is 12.8. The van der Waals surface area contributed by atoms with Gasteiger partial charge in [-0.15, -0.1) is 0 Å². The van der Waals surface area contributed by atoms with Gasteiger partial charge in [-0.25, -0.2) is 4.79 Å². The number of nitrogens with zero attached hydrogens (tertiary/aromatic N) is 1. The van der Waals surface area contributed by atoms with Crippen molar-refractivity contribution < 1.29 is 38.2 Å². The molecule has 2 atom stereocenters. The molecule has 0 saturated carbocycles. The SMILES string of the molecule is CC/C=C/C/C=C/C/C=C/CCCCCCCCCCCCC(=O)OC(COCCC(C(=O)O)[N+](C)(C)C)COC(=O)CCCCCCCCC/C=C/C/C=C/CCCCC. The fraction of sp³-hybridized carbons (Fsp3) is 0.755. The molecule has 0 aromatic rings. The van der Waals surface area contributed by atoms with E-state index in [1.807, 2.05) is 21.1 Å². The van der Waals surface area contributed by atoms with Crippen LogP contribution in [0.1, 0.15) is 206 Å². The van der Waals surface area contributed by atoms with Gasteiger partial charge < -0.3 is 23.8 Å². The summed E-state index contributed by atoms with van der Waals surface area (Å²) < 4.78 is 17.3. The van der Waals surface area contributed by atoms with E-state index in [4.69, 9.17) is 14.2 Å². The second-order valence-corrected chi connectivity index (χ2v) is 17.7. The molecule has 0 bridgehead atoms. The van der Waals surface area contributed by atoms with Gasteiger partial charge in [0, 0.05) is 19.3 Å². The number of carbonyl (C=O) groups excluding carboxylic acids is 2. The lowest BCUT2D eigenvalue weighted by atomic mass is 10.0. The number of hydrogen-bond acceptors (Lipinski definition) is 6. The third-order valence-corrected chi connectivity index (χ3v) is 10.9. The molecule has 0 heterocycles. The molecule has 0 spiro atoms. The van der Waals surface area contributed by atoms with E-state index in [0.29, 0.717) is 19.3 Å². The average Bonchev–Trinajstić information content (AvgIpc) is 3.22. The number of rotatable bonds is 44. The number of quaternary nitrogens is 1. The predicted octanol–water partition coefficient (Wildman–Crippen LogP) is 14.1. The highest BCUT2D eigenvalue weighted by Crippen LogP contribution is 2.15. The highest BCUT2D eigenvalue weighted by Gasteiger charge is 2.31. The lowest BCUT2D eigenvalue weighted by molar-refractivity contribution is -0.887. The van der Waals surface area contributed by atoms with Crippen LogP contribution in [0.4, 0.5) is 0 Å². The first-order valence-corrected chi connectivity index (χ1v) is 24.8. The Kier molecular flexibility index (Phi) is 41.5. The molecule has 2 unspecified atom stereocenters. The monoisotopic (exact) mass is 857 g/mol. The number of allylic oxidation sites excluding steroid dienone is 10. The second-order valence-electron chi connectivity index (χ2n) is 17.7. The molecular weight excluding hydrogens is 763 g/mol. The molecule has 61 heavy (non-hydrogen) atoms. The molecule has 0 rings (SSSR count). The Morgan fingerprint density at radius 3 is 1.36 bits per heavy atom. The van der Waals surface area contributed by atoms with Gasteiger partial charge in [-0.2, -0.15) is 0 Å². The highest BCUT2D eigenvalue weighted by molar-refractivity contribution is 5.72. The minimum Gasteiger partial charge on any atom is -0.477 e. The normalized spacial score (nSPS) is 13.4. The quantitative estimate of drug-likeness (QED) is 0.0282. The minimum absolute atomic E-state index is 0.0557. The Morgan fingerprint density at radius 1 is 0.508 bits per heavy atom. The molecule has 0 aromatic carbocycles. The summed E-state index contributed by atoms with van der Waals surface area (Å²) in [6.07, 6.45) is 54.0. The molecule has 0 amide bonds. The molecular formula is C53H94NO7+. The summed E-state index contributed by atoms with van der Waals surface area (Å²) in [5.74, 6) is -1.48. The van der Waals surface area contributed by atoms with Crippen molar-refractivity contribution >= 4 is 17.9 Å². The Hall–Kier alpha value is -2.97. The molecule has 0 aliphatic rings. The number of carbonyl (C=O) groups is 3. The van der Waals surface area contributed by atoms with Gasteiger partial charge in [0.25, 0.3) is 0 Å². The van der Waals surface area contributed by atoms with E-state index in [9.17, 15) is 19.5 Å². The van der Waals surface area contributed by atoms with Gasteiger partial charge in [-0.05, 0) is 77.0 Å². The summed E-state index contributed by atoms with van der Waals surface area (Å²) in [5.41, 5.74) is 0. The van der Waals surface area contributed by atoms with E-state index in [1.165, 1.54) is 103 Å². The molecule has 0 saturated heterocycles. The number of carboxylic acid groups (broad SMARTS) is 1. The second kappa shape index (κ2) is 43.7.